The molecule has 1 N–H and O–H groups in total. The maximum Gasteiger partial charge on any atom is 0.126 e. The van der Waals surface area contributed by atoms with Crippen LogP contribution in [0.3, 0.4) is 0 Å². The van der Waals surface area contributed by atoms with Gasteiger partial charge in [0.1, 0.15) is 5.82 Å². The van der Waals surface area contributed by atoms with E-state index in [4.69, 9.17) is 0 Å². The first-order valence-electron chi connectivity index (χ1n) is 5.97. The normalized spacial score (nSPS) is 18.6. The Labute approximate surface area is 102 Å². The van der Waals surface area contributed by atoms with Gasteiger partial charge >= 0.3 is 0 Å². The van der Waals surface area contributed by atoms with E-state index in [0.717, 1.165) is 18.1 Å². The number of rotatable bonds is 4. The summed E-state index contributed by atoms with van der Waals surface area (Å²) in [6, 6.07) is 6.14. The van der Waals surface area contributed by atoms with Crippen LogP contribution in [0.4, 0.5) is 5.82 Å². The van der Waals surface area contributed by atoms with Gasteiger partial charge in [-0.3, -0.25) is 0 Å². The topological polar surface area (TPSA) is 24.9 Å². The van der Waals surface area contributed by atoms with Crippen LogP contribution in [0.15, 0.2) is 18.2 Å². The van der Waals surface area contributed by atoms with Gasteiger partial charge in [-0.25, -0.2) is 4.98 Å². The summed E-state index contributed by atoms with van der Waals surface area (Å²) < 4.78 is 0.450. The minimum atomic E-state index is 0.450. The summed E-state index contributed by atoms with van der Waals surface area (Å²) in [5.74, 6) is 1.01. The van der Waals surface area contributed by atoms with Crippen LogP contribution in [0, 0.1) is 6.92 Å². The minimum Gasteiger partial charge on any atom is -0.369 e. The van der Waals surface area contributed by atoms with Gasteiger partial charge in [-0.05, 0) is 38.2 Å². The number of thioether (sulfide) groups is 1. The van der Waals surface area contributed by atoms with E-state index in [1.165, 1.54) is 25.7 Å². The summed E-state index contributed by atoms with van der Waals surface area (Å²) >= 11 is 2.01. The second-order valence-corrected chi connectivity index (χ2v) is 5.89. The molecule has 16 heavy (non-hydrogen) atoms. The van der Waals surface area contributed by atoms with Gasteiger partial charge in [0.05, 0.1) is 0 Å². The highest BCUT2D eigenvalue weighted by atomic mass is 32.2. The number of nitrogens with zero attached hydrogens (tertiary/aromatic N) is 1. The molecule has 2 rings (SSSR count). The Morgan fingerprint density at radius 1 is 1.38 bits per heavy atom. The van der Waals surface area contributed by atoms with Gasteiger partial charge in [-0.1, -0.05) is 18.9 Å². The number of aryl methyl sites for hydroxylation is 1. The summed E-state index contributed by atoms with van der Waals surface area (Å²) in [7, 11) is 0. The van der Waals surface area contributed by atoms with Gasteiger partial charge in [-0.15, -0.1) is 0 Å². The first-order chi connectivity index (χ1) is 7.74. The van der Waals surface area contributed by atoms with Gasteiger partial charge < -0.3 is 5.32 Å². The monoisotopic (exact) mass is 236 g/mol. The van der Waals surface area contributed by atoms with Crippen LogP contribution >= 0.6 is 11.8 Å². The van der Waals surface area contributed by atoms with Crippen LogP contribution in [-0.4, -0.2) is 22.5 Å². The van der Waals surface area contributed by atoms with Gasteiger partial charge in [0.25, 0.3) is 0 Å². The fourth-order valence-electron chi connectivity index (χ4n) is 2.37. The maximum absolute atomic E-state index is 4.48. The van der Waals surface area contributed by atoms with Crippen LogP contribution in [0.2, 0.25) is 0 Å². The molecule has 2 nitrogen and oxygen atoms in total. The molecule has 88 valence electrons. The molecule has 0 spiro atoms. The molecule has 0 atom stereocenters. The smallest absolute Gasteiger partial charge is 0.126 e. The van der Waals surface area contributed by atoms with Crippen molar-refractivity contribution in [2.45, 2.75) is 37.4 Å². The number of pyridine rings is 1. The quantitative estimate of drug-likeness (QED) is 0.866. The third-order valence-electron chi connectivity index (χ3n) is 3.43. The highest BCUT2D eigenvalue weighted by molar-refractivity contribution is 8.00. The summed E-state index contributed by atoms with van der Waals surface area (Å²) in [6.07, 6.45) is 7.67. The third kappa shape index (κ3) is 2.70. The molecule has 0 saturated heterocycles. The van der Waals surface area contributed by atoms with Crippen molar-refractivity contribution < 1.29 is 0 Å². The summed E-state index contributed by atoms with van der Waals surface area (Å²) in [5.41, 5.74) is 1.08. The summed E-state index contributed by atoms with van der Waals surface area (Å²) in [4.78, 5) is 4.48. The second kappa shape index (κ2) is 5.09. The van der Waals surface area contributed by atoms with Crippen molar-refractivity contribution in [3.63, 3.8) is 0 Å². The molecule has 1 aliphatic rings. The van der Waals surface area contributed by atoms with Crippen molar-refractivity contribution in [2.75, 3.05) is 18.1 Å². The Balaban J connectivity index is 1.95. The molecule has 1 heterocycles. The molecule has 0 radical (unpaired) electrons. The van der Waals surface area contributed by atoms with Crippen molar-refractivity contribution in [3.05, 3.63) is 23.9 Å². The molecule has 0 unspecified atom stereocenters. The number of anilines is 1. The largest absolute Gasteiger partial charge is 0.369 e. The van der Waals surface area contributed by atoms with E-state index < -0.39 is 0 Å². The molecular formula is C13H20N2S. The van der Waals surface area contributed by atoms with E-state index >= 15 is 0 Å². The second-order valence-electron chi connectivity index (χ2n) is 4.61. The molecular weight excluding hydrogens is 216 g/mol. The van der Waals surface area contributed by atoms with Gasteiger partial charge in [0.2, 0.25) is 0 Å². The summed E-state index contributed by atoms with van der Waals surface area (Å²) in [5, 5.41) is 3.49. The van der Waals surface area contributed by atoms with Crippen molar-refractivity contribution in [1.29, 1.82) is 0 Å². The Morgan fingerprint density at radius 3 is 2.75 bits per heavy atom. The lowest BCUT2D eigenvalue weighted by atomic mass is 10.1. The Kier molecular flexibility index (Phi) is 3.74. The number of hydrogen-bond acceptors (Lipinski definition) is 3. The summed E-state index contributed by atoms with van der Waals surface area (Å²) in [6.45, 7) is 3.08. The van der Waals surface area contributed by atoms with E-state index in [9.17, 15) is 0 Å². The maximum atomic E-state index is 4.48. The lowest BCUT2D eigenvalue weighted by Gasteiger charge is -2.27. The Morgan fingerprint density at radius 2 is 2.12 bits per heavy atom. The van der Waals surface area contributed by atoms with Crippen molar-refractivity contribution >= 4 is 17.6 Å². The Hall–Kier alpha value is -0.700. The lowest BCUT2D eigenvalue weighted by Crippen LogP contribution is -2.30. The molecule has 1 fully saturated rings. The van der Waals surface area contributed by atoms with E-state index in [1.54, 1.807) is 0 Å². The number of aromatic nitrogens is 1. The van der Waals surface area contributed by atoms with Gasteiger partial charge in [0, 0.05) is 17.0 Å². The SMILES string of the molecule is CSC1(CNc2cccc(C)n2)CCCC1. The van der Waals surface area contributed by atoms with Crippen molar-refractivity contribution in [1.82, 2.24) is 4.98 Å². The van der Waals surface area contributed by atoms with Crippen molar-refractivity contribution in [2.24, 2.45) is 0 Å². The number of nitrogens with one attached hydrogen (secondary N) is 1. The van der Waals surface area contributed by atoms with Crippen LogP contribution in [0.5, 0.6) is 0 Å². The first-order valence-corrected chi connectivity index (χ1v) is 7.19. The lowest BCUT2D eigenvalue weighted by molar-refractivity contribution is 0.638. The fourth-order valence-corrected chi connectivity index (χ4v) is 3.28. The van der Waals surface area contributed by atoms with E-state index in [2.05, 4.69) is 28.7 Å². The standard InChI is InChI=1S/C13H20N2S/c1-11-6-5-7-12(15-11)14-10-13(16-2)8-3-4-9-13/h5-7H,3-4,8-10H2,1-2H3,(H,14,15). The van der Waals surface area contributed by atoms with Crippen LogP contribution < -0.4 is 5.32 Å². The van der Waals surface area contributed by atoms with E-state index in [-0.39, 0.29) is 0 Å². The zero-order valence-corrected chi connectivity index (χ0v) is 10.9. The molecule has 0 aromatic carbocycles. The molecule has 1 aromatic rings. The zero-order chi connectivity index (χ0) is 11.4. The third-order valence-corrected chi connectivity index (χ3v) is 4.85. The van der Waals surface area contributed by atoms with Crippen LogP contribution in [-0.2, 0) is 0 Å². The predicted octanol–water partition coefficient (Wildman–Crippen LogP) is 3.48. The molecule has 1 aliphatic carbocycles. The van der Waals surface area contributed by atoms with Crippen molar-refractivity contribution in [3.8, 4) is 0 Å². The molecule has 0 aliphatic heterocycles. The Bertz CT molecular complexity index is 346. The van der Waals surface area contributed by atoms with E-state index in [0.29, 0.717) is 4.75 Å². The van der Waals surface area contributed by atoms with Crippen LogP contribution in [0.1, 0.15) is 31.4 Å². The predicted molar refractivity (Wildman–Crippen MR) is 72.2 cm³/mol. The van der Waals surface area contributed by atoms with E-state index in [1.807, 2.05) is 24.8 Å². The van der Waals surface area contributed by atoms with Crippen LogP contribution in [0.25, 0.3) is 0 Å². The number of hydrogen-bond donors (Lipinski definition) is 1. The van der Waals surface area contributed by atoms with Gasteiger partial charge in [-0.2, -0.15) is 11.8 Å². The fraction of sp³-hybridized carbons (Fsp3) is 0.615. The molecule has 1 saturated carbocycles. The highest BCUT2D eigenvalue weighted by Crippen LogP contribution is 2.40. The molecule has 3 heteroatoms. The highest BCUT2D eigenvalue weighted by Gasteiger charge is 2.32. The molecule has 0 amide bonds. The average molecular weight is 236 g/mol. The zero-order valence-electron chi connectivity index (χ0n) is 10.1. The average Bonchev–Trinajstić information content (AvgIpc) is 2.76. The minimum absolute atomic E-state index is 0.450. The van der Waals surface area contributed by atoms with Gasteiger partial charge in [0.15, 0.2) is 0 Å². The first kappa shape index (κ1) is 11.8. The molecule has 1 aromatic heterocycles. The molecule has 0 bridgehead atoms.